The molecule has 2 N–H and O–H groups in total. The van der Waals surface area contributed by atoms with Crippen LogP contribution in [0.2, 0.25) is 0 Å². The molecule has 21 heavy (non-hydrogen) atoms. The largest absolute Gasteiger partial charge is 0.431 e. The van der Waals surface area contributed by atoms with Crippen LogP contribution in [0.3, 0.4) is 0 Å². The minimum Gasteiger partial charge on any atom is -0.431 e. The Morgan fingerprint density at radius 3 is 2.52 bits per heavy atom. The van der Waals surface area contributed by atoms with Gasteiger partial charge in [-0.05, 0) is 13.0 Å². The molecule has 1 heterocycles. The number of para-hydroxylation sites is 1. The number of rotatable bonds is 4. The number of nitro groups is 2. The molecular weight excluding hydrogens is 280 g/mol. The molecule has 9 nitrogen and oxygen atoms in total. The molecule has 9 heteroatoms. The number of nitrogens with zero attached hydrogens (tertiary/aromatic N) is 3. The first-order valence-corrected chi connectivity index (χ1v) is 5.72. The molecule has 0 unspecified atom stereocenters. The quantitative estimate of drug-likeness (QED) is 0.675. The van der Waals surface area contributed by atoms with Crippen molar-refractivity contribution in [2.45, 2.75) is 6.92 Å². The summed E-state index contributed by atoms with van der Waals surface area (Å²) in [6, 6.07) is 6.61. The topological polar surface area (TPSA) is 134 Å². The minimum absolute atomic E-state index is 0.0626. The van der Waals surface area contributed by atoms with Crippen molar-refractivity contribution in [2.24, 2.45) is 0 Å². The molecule has 0 fully saturated rings. The Hall–Kier alpha value is -3.23. The number of aryl methyl sites for hydroxylation is 1. The summed E-state index contributed by atoms with van der Waals surface area (Å²) in [7, 11) is 0. The van der Waals surface area contributed by atoms with E-state index < -0.39 is 9.85 Å². The van der Waals surface area contributed by atoms with E-state index in [1.54, 1.807) is 19.1 Å². The third kappa shape index (κ3) is 3.03. The van der Waals surface area contributed by atoms with Crippen molar-refractivity contribution in [1.82, 2.24) is 4.98 Å². The molecule has 0 spiro atoms. The van der Waals surface area contributed by atoms with Gasteiger partial charge in [-0.1, -0.05) is 12.1 Å². The number of hydrogen-bond acceptors (Lipinski definition) is 7. The molecule has 0 aliphatic carbocycles. The Kier molecular flexibility index (Phi) is 3.65. The number of anilines is 1. The predicted octanol–water partition coefficient (Wildman–Crippen LogP) is 2.58. The Balaban J connectivity index is 2.46. The lowest BCUT2D eigenvalue weighted by Gasteiger charge is -2.07. The highest BCUT2D eigenvalue weighted by molar-refractivity contribution is 5.54. The summed E-state index contributed by atoms with van der Waals surface area (Å²) in [5.41, 5.74) is 5.30. The monoisotopic (exact) mass is 290 g/mol. The van der Waals surface area contributed by atoms with E-state index >= 15 is 0 Å². The van der Waals surface area contributed by atoms with Gasteiger partial charge in [0.15, 0.2) is 0 Å². The van der Waals surface area contributed by atoms with Crippen molar-refractivity contribution in [2.75, 3.05) is 5.73 Å². The van der Waals surface area contributed by atoms with Crippen LogP contribution in [0.1, 0.15) is 5.56 Å². The summed E-state index contributed by atoms with van der Waals surface area (Å²) in [6.45, 7) is 1.56. The van der Waals surface area contributed by atoms with Crippen LogP contribution in [0.4, 0.5) is 17.2 Å². The van der Waals surface area contributed by atoms with Crippen LogP contribution in [0.15, 0.2) is 30.3 Å². The molecule has 0 saturated heterocycles. The molecule has 0 amide bonds. The van der Waals surface area contributed by atoms with Gasteiger partial charge in [0, 0.05) is 5.56 Å². The zero-order chi connectivity index (χ0) is 15.6. The van der Waals surface area contributed by atoms with Crippen molar-refractivity contribution >= 4 is 17.2 Å². The fourth-order valence-corrected chi connectivity index (χ4v) is 1.73. The maximum Gasteiger partial charge on any atom is 0.314 e. The van der Waals surface area contributed by atoms with E-state index in [-0.39, 0.29) is 28.8 Å². The van der Waals surface area contributed by atoms with Gasteiger partial charge in [-0.15, -0.1) is 0 Å². The highest BCUT2D eigenvalue weighted by Crippen LogP contribution is 2.34. The lowest BCUT2D eigenvalue weighted by Crippen LogP contribution is -2.00. The van der Waals surface area contributed by atoms with E-state index in [1.165, 1.54) is 6.07 Å². The molecule has 0 aliphatic heterocycles. The van der Waals surface area contributed by atoms with Crippen LogP contribution in [0.5, 0.6) is 11.6 Å². The SMILES string of the molecule is Cc1cccc(Oc2cc([N+](=O)[O-])cc(N)n2)c1[N+](=O)[O-]. The van der Waals surface area contributed by atoms with E-state index in [0.717, 1.165) is 12.1 Å². The predicted molar refractivity (Wildman–Crippen MR) is 73.2 cm³/mol. The highest BCUT2D eigenvalue weighted by atomic mass is 16.6. The van der Waals surface area contributed by atoms with Gasteiger partial charge < -0.3 is 10.5 Å². The van der Waals surface area contributed by atoms with Gasteiger partial charge in [0.1, 0.15) is 5.82 Å². The molecule has 1 aromatic carbocycles. The standard InChI is InChI=1S/C12H10N4O5/c1-7-3-2-4-9(12(7)16(19)20)21-11-6-8(15(17)18)5-10(13)14-11/h2-6H,1H3,(H2,13,14). The third-order valence-corrected chi connectivity index (χ3v) is 2.62. The van der Waals surface area contributed by atoms with E-state index in [1.807, 2.05) is 0 Å². The average molecular weight is 290 g/mol. The van der Waals surface area contributed by atoms with Gasteiger partial charge in [-0.2, -0.15) is 4.98 Å². The Bertz CT molecular complexity index is 732. The highest BCUT2D eigenvalue weighted by Gasteiger charge is 2.20. The number of ether oxygens (including phenoxy) is 1. The fourth-order valence-electron chi connectivity index (χ4n) is 1.73. The first kappa shape index (κ1) is 14.2. The van der Waals surface area contributed by atoms with Crippen LogP contribution < -0.4 is 10.5 Å². The second-order valence-electron chi connectivity index (χ2n) is 4.13. The number of hydrogen-bond donors (Lipinski definition) is 1. The van der Waals surface area contributed by atoms with Crippen molar-refractivity contribution in [3.05, 3.63) is 56.1 Å². The molecule has 0 atom stereocenters. The van der Waals surface area contributed by atoms with E-state index in [0.29, 0.717) is 5.56 Å². The van der Waals surface area contributed by atoms with Gasteiger partial charge in [-0.3, -0.25) is 20.2 Å². The van der Waals surface area contributed by atoms with Crippen molar-refractivity contribution < 1.29 is 14.6 Å². The normalized spacial score (nSPS) is 10.1. The molecule has 0 aliphatic rings. The van der Waals surface area contributed by atoms with Gasteiger partial charge in [0.25, 0.3) is 5.69 Å². The van der Waals surface area contributed by atoms with E-state index in [9.17, 15) is 20.2 Å². The maximum atomic E-state index is 11.0. The van der Waals surface area contributed by atoms with Crippen LogP contribution in [-0.2, 0) is 0 Å². The van der Waals surface area contributed by atoms with Crippen LogP contribution >= 0.6 is 0 Å². The number of nitro benzene ring substituents is 1. The van der Waals surface area contributed by atoms with E-state index in [2.05, 4.69) is 4.98 Å². The van der Waals surface area contributed by atoms with Gasteiger partial charge >= 0.3 is 5.69 Å². The molecule has 2 aromatic rings. The first-order valence-electron chi connectivity index (χ1n) is 5.72. The zero-order valence-corrected chi connectivity index (χ0v) is 10.8. The zero-order valence-electron chi connectivity index (χ0n) is 10.8. The van der Waals surface area contributed by atoms with Crippen LogP contribution in [0, 0.1) is 27.2 Å². The van der Waals surface area contributed by atoms with Gasteiger partial charge in [0.05, 0.1) is 22.0 Å². The molecule has 0 bridgehead atoms. The molecule has 1 aromatic heterocycles. The maximum absolute atomic E-state index is 11.0. The molecule has 0 saturated carbocycles. The van der Waals surface area contributed by atoms with Gasteiger partial charge in [-0.25, -0.2) is 0 Å². The summed E-state index contributed by atoms with van der Waals surface area (Å²) >= 11 is 0. The summed E-state index contributed by atoms with van der Waals surface area (Å²) in [5.74, 6) is -0.364. The molecule has 2 rings (SSSR count). The lowest BCUT2D eigenvalue weighted by molar-refractivity contribution is -0.386. The summed E-state index contributed by atoms with van der Waals surface area (Å²) in [5, 5.41) is 21.8. The second-order valence-corrected chi connectivity index (χ2v) is 4.13. The fraction of sp³-hybridized carbons (Fsp3) is 0.0833. The Labute approximate surface area is 118 Å². The number of nitrogens with two attached hydrogens (primary N) is 1. The van der Waals surface area contributed by atoms with Crippen LogP contribution in [-0.4, -0.2) is 14.8 Å². The van der Waals surface area contributed by atoms with Crippen molar-refractivity contribution in [3.63, 3.8) is 0 Å². The Morgan fingerprint density at radius 2 is 1.90 bits per heavy atom. The van der Waals surface area contributed by atoms with Crippen molar-refractivity contribution in [1.29, 1.82) is 0 Å². The molecule has 0 radical (unpaired) electrons. The number of aromatic nitrogens is 1. The van der Waals surface area contributed by atoms with Crippen LogP contribution in [0.25, 0.3) is 0 Å². The Morgan fingerprint density at radius 1 is 1.19 bits per heavy atom. The number of nitrogen functional groups attached to an aromatic ring is 1. The van der Waals surface area contributed by atoms with Crippen molar-refractivity contribution in [3.8, 4) is 11.6 Å². The smallest absolute Gasteiger partial charge is 0.314 e. The molecule has 108 valence electrons. The average Bonchev–Trinajstić information content (AvgIpc) is 2.37. The lowest BCUT2D eigenvalue weighted by atomic mass is 10.2. The third-order valence-electron chi connectivity index (χ3n) is 2.62. The van der Waals surface area contributed by atoms with E-state index in [4.69, 9.17) is 10.5 Å². The molecular formula is C12H10N4O5. The number of pyridine rings is 1. The summed E-state index contributed by atoms with van der Waals surface area (Å²) in [4.78, 5) is 24.3. The van der Waals surface area contributed by atoms with Gasteiger partial charge in [0.2, 0.25) is 11.6 Å². The summed E-state index contributed by atoms with van der Waals surface area (Å²) < 4.78 is 5.29. The second kappa shape index (κ2) is 5.41. The first-order chi connectivity index (χ1) is 9.88. The minimum atomic E-state index is -0.657. The summed E-state index contributed by atoms with van der Waals surface area (Å²) in [6.07, 6.45) is 0. The number of benzene rings is 1.